The number of unbranched alkanes of at least 4 members (excludes halogenated alkanes) is 2. The van der Waals surface area contributed by atoms with Gasteiger partial charge in [-0.1, -0.05) is 26.7 Å². The maximum atomic E-state index is 5.36. The van der Waals surface area contributed by atoms with E-state index < -0.39 is 0 Å². The minimum absolute atomic E-state index is 0.826. The molecular weight excluding hydrogens is 200 g/mol. The summed E-state index contributed by atoms with van der Waals surface area (Å²) in [5, 5.41) is 3.49. The van der Waals surface area contributed by atoms with Crippen molar-refractivity contribution in [3.8, 4) is 0 Å². The van der Waals surface area contributed by atoms with Gasteiger partial charge in [-0.15, -0.1) is 0 Å². The Morgan fingerprint density at radius 1 is 1.00 bits per heavy atom. The molecule has 0 aromatic rings. The van der Waals surface area contributed by atoms with E-state index in [1.54, 1.807) is 0 Å². The molecule has 0 bridgehead atoms. The van der Waals surface area contributed by atoms with Crippen LogP contribution in [0.3, 0.4) is 0 Å². The molecule has 0 rings (SSSR count). The SMILES string of the molecule is CCCCCNCCN(CC)CCOCC. The quantitative estimate of drug-likeness (QED) is 0.520. The van der Waals surface area contributed by atoms with Gasteiger partial charge < -0.3 is 15.0 Å². The fourth-order valence-electron chi connectivity index (χ4n) is 1.63. The Kier molecular flexibility index (Phi) is 12.9. The molecule has 98 valence electrons. The third-order valence-electron chi connectivity index (χ3n) is 2.77. The zero-order valence-corrected chi connectivity index (χ0v) is 11.4. The van der Waals surface area contributed by atoms with E-state index in [9.17, 15) is 0 Å². The number of likely N-dealkylation sites (N-methyl/N-ethyl adjacent to an activating group) is 1. The number of nitrogens with zero attached hydrogens (tertiary/aromatic N) is 1. The number of nitrogens with one attached hydrogen (secondary N) is 1. The lowest BCUT2D eigenvalue weighted by Crippen LogP contribution is -2.34. The van der Waals surface area contributed by atoms with Crippen molar-refractivity contribution in [1.82, 2.24) is 10.2 Å². The van der Waals surface area contributed by atoms with Crippen molar-refractivity contribution in [2.75, 3.05) is 45.9 Å². The summed E-state index contributed by atoms with van der Waals surface area (Å²) in [4.78, 5) is 2.43. The van der Waals surface area contributed by atoms with Crippen LogP contribution >= 0.6 is 0 Å². The van der Waals surface area contributed by atoms with E-state index in [4.69, 9.17) is 4.74 Å². The second kappa shape index (κ2) is 12.9. The Morgan fingerprint density at radius 3 is 2.44 bits per heavy atom. The maximum Gasteiger partial charge on any atom is 0.0593 e. The summed E-state index contributed by atoms with van der Waals surface area (Å²) in [6.07, 6.45) is 3.95. The van der Waals surface area contributed by atoms with Crippen molar-refractivity contribution in [1.29, 1.82) is 0 Å². The van der Waals surface area contributed by atoms with Gasteiger partial charge >= 0.3 is 0 Å². The number of hydrogen-bond donors (Lipinski definition) is 1. The van der Waals surface area contributed by atoms with Crippen molar-refractivity contribution < 1.29 is 4.74 Å². The topological polar surface area (TPSA) is 24.5 Å². The molecule has 3 nitrogen and oxygen atoms in total. The summed E-state index contributed by atoms with van der Waals surface area (Å²) in [5.41, 5.74) is 0. The van der Waals surface area contributed by atoms with Crippen molar-refractivity contribution >= 4 is 0 Å². The van der Waals surface area contributed by atoms with Crippen molar-refractivity contribution in [3.05, 3.63) is 0 Å². The summed E-state index contributed by atoms with van der Waals surface area (Å²) < 4.78 is 5.36. The van der Waals surface area contributed by atoms with Gasteiger partial charge in [-0.2, -0.15) is 0 Å². The molecule has 0 fully saturated rings. The van der Waals surface area contributed by atoms with Gasteiger partial charge in [-0.3, -0.25) is 0 Å². The molecule has 0 aliphatic carbocycles. The van der Waals surface area contributed by atoms with Crippen LogP contribution in [0.5, 0.6) is 0 Å². The second-order valence-electron chi connectivity index (χ2n) is 4.09. The minimum Gasteiger partial charge on any atom is -0.380 e. The molecule has 16 heavy (non-hydrogen) atoms. The van der Waals surface area contributed by atoms with Crippen LogP contribution in [0.2, 0.25) is 0 Å². The normalized spacial score (nSPS) is 11.2. The van der Waals surface area contributed by atoms with Crippen LogP contribution in [0.25, 0.3) is 0 Å². The van der Waals surface area contributed by atoms with Crippen LogP contribution < -0.4 is 5.32 Å². The van der Waals surface area contributed by atoms with Gasteiger partial charge in [0.05, 0.1) is 6.61 Å². The average Bonchev–Trinajstić information content (AvgIpc) is 2.31. The first-order valence-corrected chi connectivity index (χ1v) is 6.85. The van der Waals surface area contributed by atoms with Crippen molar-refractivity contribution in [3.63, 3.8) is 0 Å². The molecule has 0 amide bonds. The Bertz CT molecular complexity index is 131. The molecule has 1 N–H and O–H groups in total. The monoisotopic (exact) mass is 230 g/mol. The average molecular weight is 230 g/mol. The van der Waals surface area contributed by atoms with Gasteiger partial charge in [0.1, 0.15) is 0 Å². The Hall–Kier alpha value is -0.120. The molecule has 0 heterocycles. The highest BCUT2D eigenvalue weighted by atomic mass is 16.5. The first kappa shape index (κ1) is 15.9. The highest BCUT2D eigenvalue weighted by molar-refractivity contribution is 4.57. The fraction of sp³-hybridized carbons (Fsp3) is 1.00. The molecule has 0 unspecified atom stereocenters. The van der Waals surface area contributed by atoms with Gasteiger partial charge in [-0.05, 0) is 26.4 Å². The van der Waals surface area contributed by atoms with E-state index in [-0.39, 0.29) is 0 Å². The zero-order chi connectivity index (χ0) is 12.1. The largest absolute Gasteiger partial charge is 0.380 e. The van der Waals surface area contributed by atoms with Gasteiger partial charge in [0.2, 0.25) is 0 Å². The molecule has 0 atom stereocenters. The lowest BCUT2D eigenvalue weighted by Gasteiger charge is -2.20. The summed E-state index contributed by atoms with van der Waals surface area (Å²) in [5.74, 6) is 0. The molecule has 0 aromatic carbocycles. The molecular formula is C13H30N2O. The summed E-state index contributed by atoms with van der Waals surface area (Å²) >= 11 is 0. The van der Waals surface area contributed by atoms with Gasteiger partial charge in [0.25, 0.3) is 0 Å². The molecule has 0 saturated carbocycles. The highest BCUT2D eigenvalue weighted by Crippen LogP contribution is 1.91. The molecule has 0 spiro atoms. The van der Waals surface area contributed by atoms with Crippen molar-refractivity contribution in [2.24, 2.45) is 0 Å². The van der Waals surface area contributed by atoms with Crippen LogP contribution in [-0.2, 0) is 4.74 Å². The fourth-order valence-corrected chi connectivity index (χ4v) is 1.63. The smallest absolute Gasteiger partial charge is 0.0593 e. The minimum atomic E-state index is 0.826. The molecule has 0 aliphatic rings. The predicted octanol–water partition coefficient (Wildman–Crippen LogP) is 2.12. The van der Waals surface area contributed by atoms with E-state index in [1.807, 2.05) is 6.92 Å². The third kappa shape index (κ3) is 10.4. The lowest BCUT2D eigenvalue weighted by molar-refractivity contribution is 0.115. The zero-order valence-electron chi connectivity index (χ0n) is 11.4. The van der Waals surface area contributed by atoms with Crippen LogP contribution in [0.15, 0.2) is 0 Å². The first-order valence-electron chi connectivity index (χ1n) is 6.85. The van der Waals surface area contributed by atoms with Gasteiger partial charge in [-0.25, -0.2) is 0 Å². The highest BCUT2D eigenvalue weighted by Gasteiger charge is 2.00. The van der Waals surface area contributed by atoms with Gasteiger partial charge in [0, 0.05) is 26.2 Å². The lowest BCUT2D eigenvalue weighted by atomic mass is 10.2. The number of ether oxygens (including phenoxy) is 1. The van der Waals surface area contributed by atoms with Crippen LogP contribution in [0.4, 0.5) is 0 Å². The van der Waals surface area contributed by atoms with E-state index in [0.29, 0.717) is 0 Å². The number of rotatable bonds is 12. The first-order chi connectivity index (χ1) is 7.85. The van der Waals surface area contributed by atoms with E-state index >= 15 is 0 Å². The van der Waals surface area contributed by atoms with E-state index in [0.717, 1.165) is 45.9 Å². The number of hydrogen-bond acceptors (Lipinski definition) is 3. The van der Waals surface area contributed by atoms with Gasteiger partial charge in [0.15, 0.2) is 0 Å². The molecule has 0 aromatic heterocycles. The molecule has 0 saturated heterocycles. The summed E-state index contributed by atoms with van der Waals surface area (Å²) in [7, 11) is 0. The summed E-state index contributed by atoms with van der Waals surface area (Å²) in [6.45, 7) is 13.8. The Morgan fingerprint density at radius 2 is 1.81 bits per heavy atom. The Labute approximate surface area is 102 Å². The third-order valence-corrected chi connectivity index (χ3v) is 2.77. The molecule has 3 heteroatoms. The standard InChI is InChI=1S/C13H30N2O/c1-4-7-8-9-14-10-11-15(5-2)12-13-16-6-3/h14H,4-13H2,1-3H3. The van der Waals surface area contributed by atoms with E-state index in [2.05, 4.69) is 24.1 Å². The maximum absolute atomic E-state index is 5.36. The van der Waals surface area contributed by atoms with Crippen LogP contribution in [0.1, 0.15) is 40.0 Å². The summed E-state index contributed by atoms with van der Waals surface area (Å²) in [6, 6.07) is 0. The van der Waals surface area contributed by atoms with Crippen LogP contribution in [-0.4, -0.2) is 50.8 Å². The van der Waals surface area contributed by atoms with Crippen molar-refractivity contribution in [2.45, 2.75) is 40.0 Å². The second-order valence-corrected chi connectivity index (χ2v) is 4.09. The molecule has 0 aliphatic heterocycles. The van der Waals surface area contributed by atoms with E-state index in [1.165, 1.54) is 19.3 Å². The molecule has 0 radical (unpaired) electrons. The predicted molar refractivity (Wildman–Crippen MR) is 71.0 cm³/mol. The Balaban J connectivity index is 3.26. The van der Waals surface area contributed by atoms with Crippen LogP contribution in [0, 0.1) is 0 Å².